The van der Waals surface area contributed by atoms with Crippen molar-refractivity contribution >= 4 is 22.9 Å². The van der Waals surface area contributed by atoms with E-state index in [-0.39, 0.29) is 25.6 Å². The highest BCUT2D eigenvalue weighted by Gasteiger charge is 2.50. The zero-order valence-corrected chi connectivity index (χ0v) is 31.6. The Labute approximate surface area is 327 Å². The number of halogens is 1. The molecule has 5 aromatic rings. The van der Waals surface area contributed by atoms with E-state index < -0.39 is 35.9 Å². The maximum Gasteiger partial charge on any atom is 0.245 e. The van der Waals surface area contributed by atoms with Crippen molar-refractivity contribution in [2.24, 2.45) is 0 Å². The number of ether oxygens (including phenoxy) is 8. The first-order valence-electron chi connectivity index (χ1n) is 18.0. The first-order valence-corrected chi connectivity index (χ1v) is 18.4. The van der Waals surface area contributed by atoms with Crippen molar-refractivity contribution in [2.75, 3.05) is 20.8 Å². The van der Waals surface area contributed by atoms with E-state index in [1.54, 1.807) is 18.2 Å². The predicted octanol–water partition coefficient (Wildman–Crippen LogP) is 8.56. The molecule has 0 amide bonds. The summed E-state index contributed by atoms with van der Waals surface area (Å²) in [5.74, 6) is 0.951. The molecule has 6 rings (SSSR count). The van der Waals surface area contributed by atoms with Gasteiger partial charge < -0.3 is 37.9 Å². The van der Waals surface area contributed by atoms with Gasteiger partial charge in [-0.2, -0.15) is 0 Å². The lowest BCUT2D eigenvalue weighted by atomic mass is 9.97. The maximum absolute atomic E-state index is 11.5. The molecule has 1 aliphatic heterocycles. The Kier molecular flexibility index (Phi) is 14.9. The molecule has 0 spiro atoms. The molecular formula is C45H45ClO9. The highest BCUT2D eigenvalue weighted by atomic mass is 35.5. The summed E-state index contributed by atoms with van der Waals surface area (Å²) in [6.07, 6.45) is -1.08. The standard InChI is InChI=1S/C45H45ClO9/c1-48-37-25-36(23-24-40(46)47)26-38(49-2)41(37)55-45-44(53-30-35-21-13-6-14-22-35)43(52-29-34-19-11-5-12-20-34)42(51-28-33-17-9-4-10-18-33)39(54-45)31-50-27-32-15-7-3-8-16-32/h3-26,39,42-45H,27-31H2,1-2H3/b24-23+/t39-,42-,43+,44-,45+/m1/s1. The van der Waals surface area contributed by atoms with E-state index in [0.29, 0.717) is 30.3 Å². The van der Waals surface area contributed by atoms with Gasteiger partial charge >= 0.3 is 0 Å². The van der Waals surface area contributed by atoms with Gasteiger partial charge in [-0.25, -0.2) is 0 Å². The number of methoxy groups -OCH3 is 2. The number of benzene rings is 5. The topological polar surface area (TPSA) is 90.9 Å². The molecule has 0 N–H and O–H groups in total. The molecule has 0 unspecified atom stereocenters. The molecule has 1 fully saturated rings. The van der Waals surface area contributed by atoms with Crippen molar-refractivity contribution in [2.45, 2.75) is 57.1 Å². The van der Waals surface area contributed by atoms with Crippen LogP contribution in [0.15, 0.2) is 140 Å². The minimum Gasteiger partial charge on any atom is -0.493 e. The van der Waals surface area contributed by atoms with Crippen molar-refractivity contribution in [1.29, 1.82) is 0 Å². The van der Waals surface area contributed by atoms with Crippen LogP contribution < -0.4 is 14.2 Å². The van der Waals surface area contributed by atoms with Gasteiger partial charge in [-0.1, -0.05) is 121 Å². The average molecular weight is 765 g/mol. The first-order chi connectivity index (χ1) is 27.0. The maximum atomic E-state index is 11.5. The lowest BCUT2D eigenvalue weighted by Gasteiger charge is -2.45. The van der Waals surface area contributed by atoms with Crippen LogP contribution in [0.2, 0.25) is 0 Å². The second kappa shape index (κ2) is 20.6. The SMILES string of the molecule is COc1cc(/C=C/C(=O)Cl)cc(OC)c1O[C@@H]1O[C@H](COCc2ccccc2)[C@@H](OCc2ccccc2)[C@H](OCc2ccccc2)[C@H]1OCc1ccccc1. The van der Waals surface area contributed by atoms with Crippen LogP contribution in [0.5, 0.6) is 17.2 Å². The van der Waals surface area contributed by atoms with Gasteiger partial charge in [-0.05, 0) is 63.7 Å². The van der Waals surface area contributed by atoms with Crippen LogP contribution >= 0.6 is 11.6 Å². The molecule has 0 saturated carbocycles. The van der Waals surface area contributed by atoms with Gasteiger partial charge in [0, 0.05) is 0 Å². The molecule has 1 heterocycles. The van der Waals surface area contributed by atoms with Crippen LogP contribution in [0, 0.1) is 0 Å². The number of allylic oxidation sites excluding steroid dienone is 1. The molecule has 0 aliphatic carbocycles. The summed E-state index contributed by atoms with van der Waals surface area (Å²) < 4.78 is 51.9. The van der Waals surface area contributed by atoms with Crippen LogP contribution in [0.1, 0.15) is 27.8 Å². The summed E-state index contributed by atoms with van der Waals surface area (Å²) in [6, 6.07) is 43.1. The molecule has 0 radical (unpaired) electrons. The lowest BCUT2D eigenvalue weighted by Crippen LogP contribution is -2.62. The largest absolute Gasteiger partial charge is 0.493 e. The first kappa shape index (κ1) is 39.7. The van der Waals surface area contributed by atoms with Gasteiger partial charge in [0.2, 0.25) is 17.3 Å². The quantitative estimate of drug-likeness (QED) is 0.0606. The molecule has 0 aromatic heterocycles. The minimum atomic E-state index is -1.06. The average Bonchev–Trinajstić information content (AvgIpc) is 3.23. The summed E-state index contributed by atoms with van der Waals surface area (Å²) in [6.45, 7) is 1.34. The van der Waals surface area contributed by atoms with Crippen molar-refractivity contribution < 1.29 is 42.7 Å². The number of carbonyl (C=O) groups excluding carboxylic acids is 1. The molecule has 0 bridgehead atoms. The molecule has 55 heavy (non-hydrogen) atoms. The van der Waals surface area contributed by atoms with Crippen molar-refractivity contribution in [1.82, 2.24) is 0 Å². The number of hydrogen-bond acceptors (Lipinski definition) is 9. The molecule has 286 valence electrons. The van der Waals surface area contributed by atoms with E-state index in [0.717, 1.165) is 22.3 Å². The van der Waals surface area contributed by atoms with Gasteiger partial charge in [-0.15, -0.1) is 0 Å². The van der Waals surface area contributed by atoms with Crippen LogP contribution in [-0.2, 0) is 54.9 Å². The van der Waals surface area contributed by atoms with Crippen molar-refractivity contribution in [3.63, 3.8) is 0 Å². The summed E-state index contributed by atoms with van der Waals surface area (Å²) in [7, 11) is 3.04. The summed E-state index contributed by atoms with van der Waals surface area (Å²) >= 11 is 5.58. The number of rotatable bonds is 19. The Morgan fingerprint density at radius 2 is 1.05 bits per heavy atom. The molecule has 10 heteroatoms. The van der Waals surface area contributed by atoms with Crippen LogP contribution in [0.4, 0.5) is 0 Å². The lowest BCUT2D eigenvalue weighted by molar-refractivity contribution is -0.310. The van der Waals surface area contributed by atoms with Gasteiger partial charge in [0.1, 0.15) is 24.4 Å². The van der Waals surface area contributed by atoms with E-state index in [4.69, 9.17) is 49.5 Å². The van der Waals surface area contributed by atoms with Gasteiger partial charge in [0.15, 0.2) is 11.5 Å². The highest BCUT2D eigenvalue weighted by molar-refractivity contribution is 6.66. The van der Waals surface area contributed by atoms with Crippen molar-refractivity contribution in [3.05, 3.63) is 167 Å². The van der Waals surface area contributed by atoms with Crippen LogP contribution in [-0.4, -0.2) is 56.8 Å². The third-order valence-corrected chi connectivity index (χ3v) is 9.09. The Morgan fingerprint density at radius 1 is 0.618 bits per heavy atom. The predicted molar refractivity (Wildman–Crippen MR) is 210 cm³/mol. The second-order valence-electron chi connectivity index (χ2n) is 12.8. The van der Waals surface area contributed by atoms with E-state index in [1.165, 1.54) is 20.3 Å². The Balaban J connectivity index is 1.39. The van der Waals surface area contributed by atoms with Gasteiger partial charge in [0.25, 0.3) is 0 Å². The smallest absolute Gasteiger partial charge is 0.245 e. The van der Waals surface area contributed by atoms with Crippen molar-refractivity contribution in [3.8, 4) is 17.2 Å². The normalized spacial score (nSPS) is 19.6. The number of hydrogen-bond donors (Lipinski definition) is 0. The van der Waals surface area contributed by atoms with E-state index >= 15 is 0 Å². The monoisotopic (exact) mass is 764 g/mol. The fourth-order valence-electron chi connectivity index (χ4n) is 6.23. The summed E-state index contributed by atoms with van der Waals surface area (Å²) in [5, 5.41) is -0.613. The van der Waals surface area contributed by atoms with E-state index in [1.807, 2.05) is 121 Å². The zero-order valence-electron chi connectivity index (χ0n) is 30.8. The Morgan fingerprint density at radius 3 is 1.51 bits per heavy atom. The second-order valence-corrected chi connectivity index (χ2v) is 13.2. The third kappa shape index (κ3) is 11.5. The highest BCUT2D eigenvalue weighted by Crippen LogP contribution is 2.42. The Bertz CT molecular complexity index is 1900. The summed E-state index contributed by atoms with van der Waals surface area (Å²) in [5.41, 5.74) is 4.57. The van der Waals surface area contributed by atoms with Gasteiger partial charge in [-0.3, -0.25) is 4.79 Å². The molecule has 1 aliphatic rings. The van der Waals surface area contributed by atoms with E-state index in [2.05, 4.69) is 0 Å². The van der Waals surface area contributed by atoms with Crippen LogP contribution in [0.25, 0.3) is 6.08 Å². The zero-order chi connectivity index (χ0) is 38.2. The fourth-order valence-corrected chi connectivity index (χ4v) is 6.30. The van der Waals surface area contributed by atoms with E-state index in [9.17, 15) is 4.79 Å². The fraction of sp³-hybridized carbons (Fsp3) is 0.267. The minimum absolute atomic E-state index is 0.162. The summed E-state index contributed by atoms with van der Waals surface area (Å²) in [4.78, 5) is 11.5. The Hall–Kier alpha value is -5.00. The molecule has 1 saturated heterocycles. The van der Waals surface area contributed by atoms with Gasteiger partial charge in [0.05, 0.1) is 47.3 Å². The molecule has 5 atom stereocenters. The molecular weight excluding hydrogens is 720 g/mol. The third-order valence-electron chi connectivity index (χ3n) is 8.96. The van der Waals surface area contributed by atoms with Crippen LogP contribution in [0.3, 0.4) is 0 Å². The molecule has 9 nitrogen and oxygen atoms in total. The molecule has 5 aromatic carbocycles. The number of carbonyl (C=O) groups is 1.